The Bertz CT molecular complexity index is 1180. The molecule has 0 aliphatic heterocycles. The summed E-state index contributed by atoms with van der Waals surface area (Å²) in [6.45, 7) is -0.143. The molecule has 0 heterocycles. The fourth-order valence-corrected chi connectivity index (χ4v) is 5.76. The monoisotopic (exact) mass is 506 g/mol. The van der Waals surface area contributed by atoms with E-state index in [9.17, 15) is 17.6 Å². The summed E-state index contributed by atoms with van der Waals surface area (Å²) in [7, 11) is -4.13. The minimum absolute atomic E-state index is 0.0166. The van der Waals surface area contributed by atoms with Gasteiger partial charge in [0, 0.05) is 17.3 Å². The van der Waals surface area contributed by atoms with Crippen LogP contribution in [0.2, 0.25) is 5.02 Å². The Hall–Kier alpha value is -2.55. The third-order valence-corrected chi connectivity index (χ3v) is 7.98. The number of benzene rings is 3. The third-order valence-electron chi connectivity index (χ3n) is 4.74. The smallest absolute Gasteiger partial charge is 0.264 e. The van der Waals surface area contributed by atoms with Crippen LogP contribution in [-0.2, 0) is 20.6 Å². The van der Waals surface area contributed by atoms with Crippen LogP contribution in [0.4, 0.5) is 10.1 Å². The Kier molecular flexibility index (Phi) is 9.17. The van der Waals surface area contributed by atoms with E-state index in [2.05, 4.69) is 5.32 Å². The second-order valence-corrected chi connectivity index (χ2v) is 10.5. The molecule has 0 bridgehead atoms. The molecule has 0 spiro atoms. The minimum Gasteiger partial charge on any atom is -0.354 e. The second kappa shape index (κ2) is 12.1. The molecule has 9 heteroatoms. The summed E-state index contributed by atoms with van der Waals surface area (Å²) < 4.78 is 41.6. The molecule has 0 atom stereocenters. The molecule has 3 rings (SSSR count). The first kappa shape index (κ1) is 25.1. The maximum absolute atomic E-state index is 14.4. The largest absolute Gasteiger partial charge is 0.354 e. The first-order valence-electron chi connectivity index (χ1n) is 10.3. The number of amides is 1. The van der Waals surface area contributed by atoms with Gasteiger partial charge in [-0.15, -0.1) is 0 Å². The van der Waals surface area contributed by atoms with Gasteiger partial charge in [-0.2, -0.15) is 11.8 Å². The van der Waals surface area contributed by atoms with Crippen molar-refractivity contribution in [2.45, 2.75) is 17.1 Å². The highest BCUT2D eigenvalue weighted by Gasteiger charge is 2.28. The van der Waals surface area contributed by atoms with Crippen LogP contribution in [0.15, 0.2) is 83.8 Å². The molecule has 0 aromatic heterocycles. The highest BCUT2D eigenvalue weighted by Crippen LogP contribution is 2.26. The van der Waals surface area contributed by atoms with Crippen molar-refractivity contribution in [3.63, 3.8) is 0 Å². The van der Waals surface area contributed by atoms with Gasteiger partial charge in [0.15, 0.2) is 0 Å². The van der Waals surface area contributed by atoms with E-state index in [1.165, 1.54) is 30.3 Å². The van der Waals surface area contributed by atoms with Crippen LogP contribution < -0.4 is 9.62 Å². The first-order chi connectivity index (χ1) is 15.9. The van der Waals surface area contributed by atoms with Crippen molar-refractivity contribution in [3.8, 4) is 0 Å². The highest BCUT2D eigenvalue weighted by molar-refractivity contribution is 7.98. The number of thioether (sulfide) groups is 1. The molecule has 0 saturated carbocycles. The van der Waals surface area contributed by atoms with Gasteiger partial charge in [-0.05, 0) is 48.1 Å². The second-order valence-electron chi connectivity index (χ2n) is 7.12. The number of rotatable bonds is 11. The standard InChI is InChI=1S/C24H24ClFN2O3S2/c25-21-12-5-4-9-19(21)18-32-16-8-15-27-24(29)17-28(23-14-7-6-13-22(23)26)33(30,31)20-10-2-1-3-11-20/h1-7,9-14H,8,15-18H2,(H,27,29). The SMILES string of the molecule is O=C(CN(c1ccccc1F)S(=O)(=O)c1ccccc1)NCCCSCc1ccccc1Cl. The third kappa shape index (κ3) is 6.96. The van der Waals surface area contributed by atoms with Crippen LogP contribution in [-0.4, -0.2) is 33.2 Å². The van der Waals surface area contributed by atoms with Gasteiger partial charge in [-0.1, -0.05) is 60.1 Å². The van der Waals surface area contributed by atoms with Gasteiger partial charge in [-0.3, -0.25) is 9.10 Å². The Labute approximate surface area is 203 Å². The number of halogens is 2. The van der Waals surface area contributed by atoms with Crippen molar-refractivity contribution in [2.75, 3.05) is 23.1 Å². The summed E-state index contributed by atoms with van der Waals surface area (Å²) in [4.78, 5) is 12.5. The molecular formula is C24H24ClFN2O3S2. The molecule has 0 aliphatic rings. The fraction of sp³-hybridized carbons (Fsp3) is 0.208. The van der Waals surface area contributed by atoms with Gasteiger partial charge < -0.3 is 5.32 Å². The molecule has 0 fully saturated rings. The van der Waals surface area contributed by atoms with Gasteiger partial charge in [0.1, 0.15) is 12.4 Å². The van der Waals surface area contributed by atoms with Crippen LogP contribution in [0.3, 0.4) is 0 Å². The Morgan fingerprint density at radius 3 is 2.36 bits per heavy atom. The van der Waals surface area contributed by atoms with Crippen molar-refractivity contribution in [1.82, 2.24) is 5.32 Å². The van der Waals surface area contributed by atoms with E-state index in [0.717, 1.165) is 32.5 Å². The quantitative estimate of drug-likeness (QED) is 0.367. The number of carbonyl (C=O) groups is 1. The van der Waals surface area contributed by atoms with Crippen molar-refractivity contribution in [3.05, 3.63) is 95.3 Å². The summed E-state index contributed by atoms with van der Waals surface area (Å²) in [6, 6.07) is 20.8. The minimum atomic E-state index is -4.13. The van der Waals surface area contributed by atoms with Crippen molar-refractivity contribution < 1.29 is 17.6 Å². The summed E-state index contributed by atoms with van der Waals surface area (Å²) >= 11 is 7.84. The van der Waals surface area contributed by atoms with Crippen molar-refractivity contribution in [2.24, 2.45) is 0 Å². The fourth-order valence-electron chi connectivity index (χ4n) is 3.06. The lowest BCUT2D eigenvalue weighted by molar-refractivity contribution is -0.119. The molecule has 5 nitrogen and oxygen atoms in total. The van der Waals surface area contributed by atoms with Crippen molar-refractivity contribution in [1.29, 1.82) is 0 Å². The number of carbonyl (C=O) groups excluding carboxylic acids is 1. The number of para-hydroxylation sites is 1. The summed E-state index contributed by atoms with van der Waals surface area (Å²) in [5.74, 6) is 0.337. The summed E-state index contributed by atoms with van der Waals surface area (Å²) in [5.41, 5.74) is 0.881. The molecule has 1 amide bonds. The van der Waals surface area contributed by atoms with E-state index >= 15 is 0 Å². The number of hydrogen-bond donors (Lipinski definition) is 1. The van der Waals surface area contributed by atoms with Crippen LogP contribution in [0, 0.1) is 5.82 Å². The molecular weight excluding hydrogens is 483 g/mol. The van der Waals surface area contributed by atoms with Crippen molar-refractivity contribution >= 4 is 45.0 Å². The van der Waals surface area contributed by atoms with E-state index in [1.807, 2.05) is 24.3 Å². The molecule has 3 aromatic rings. The van der Waals surface area contributed by atoms with Crippen LogP contribution >= 0.6 is 23.4 Å². The maximum Gasteiger partial charge on any atom is 0.264 e. The number of sulfonamides is 1. The van der Waals surface area contributed by atoms with E-state index in [1.54, 1.807) is 30.0 Å². The van der Waals surface area contributed by atoms with E-state index in [4.69, 9.17) is 11.6 Å². The number of hydrogen-bond acceptors (Lipinski definition) is 4. The zero-order valence-electron chi connectivity index (χ0n) is 17.8. The summed E-state index contributed by atoms with van der Waals surface area (Å²) in [5, 5.41) is 3.46. The summed E-state index contributed by atoms with van der Waals surface area (Å²) in [6.07, 6.45) is 0.700. The first-order valence-corrected chi connectivity index (χ1v) is 13.3. The topological polar surface area (TPSA) is 66.5 Å². The predicted octanol–water partition coefficient (Wildman–Crippen LogP) is 5.11. The highest BCUT2D eigenvalue weighted by atomic mass is 35.5. The molecule has 0 aliphatic carbocycles. The molecule has 0 radical (unpaired) electrons. The predicted molar refractivity (Wildman–Crippen MR) is 133 cm³/mol. The number of anilines is 1. The lowest BCUT2D eigenvalue weighted by Crippen LogP contribution is -2.41. The molecule has 1 N–H and O–H groups in total. The Balaban J connectivity index is 1.58. The molecule has 174 valence electrons. The molecule has 0 unspecified atom stereocenters. The van der Waals surface area contributed by atoms with Crippen LogP contribution in [0.5, 0.6) is 0 Å². The van der Waals surface area contributed by atoms with Crippen LogP contribution in [0.25, 0.3) is 0 Å². The zero-order valence-corrected chi connectivity index (χ0v) is 20.2. The average molecular weight is 507 g/mol. The van der Waals surface area contributed by atoms with Gasteiger partial charge in [0.05, 0.1) is 10.6 Å². The van der Waals surface area contributed by atoms with E-state index < -0.39 is 28.3 Å². The molecule has 0 saturated heterocycles. The Morgan fingerprint density at radius 1 is 0.970 bits per heavy atom. The van der Waals surface area contributed by atoms with Gasteiger partial charge >= 0.3 is 0 Å². The van der Waals surface area contributed by atoms with E-state index in [0.29, 0.717) is 13.0 Å². The normalized spacial score (nSPS) is 11.2. The maximum atomic E-state index is 14.4. The molecule has 3 aromatic carbocycles. The number of nitrogens with one attached hydrogen (secondary N) is 1. The Morgan fingerprint density at radius 2 is 1.64 bits per heavy atom. The lowest BCUT2D eigenvalue weighted by atomic mass is 10.2. The average Bonchev–Trinajstić information content (AvgIpc) is 2.82. The lowest BCUT2D eigenvalue weighted by Gasteiger charge is -2.24. The zero-order chi connectivity index (χ0) is 23.7. The van der Waals surface area contributed by atoms with Gasteiger partial charge in [0.2, 0.25) is 5.91 Å². The van der Waals surface area contributed by atoms with Gasteiger partial charge in [0.25, 0.3) is 10.0 Å². The number of nitrogens with zero attached hydrogens (tertiary/aromatic N) is 1. The molecule has 33 heavy (non-hydrogen) atoms. The van der Waals surface area contributed by atoms with Gasteiger partial charge in [-0.25, -0.2) is 12.8 Å². The van der Waals surface area contributed by atoms with E-state index in [-0.39, 0.29) is 10.6 Å². The van der Waals surface area contributed by atoms with Crippen LogP contribution in [0.1, 0.15) is 12.0 Å².